The number of halogens is 2. The maximum atomic E-state index is 14.0. The van der Waals surface area contributed by atoms with Crippen molar-refractivity contribution in [3.63, 3.8) is 0 Å². The van der Waals surface area contributed by atoms with Crippen molar-refractivity contribution in [2.24, 2.45) is 5.84 Å². The summed E-state index contributed by atoms with van der Waals surface area (Å²) in [5.74, 6) is 4.91. The molecule has 1 aromatic rings. The Kier molecular flexibility index (Phi) is 6.05. The van der Waals surface area contributed by atoms with E-state index in [0.717, 1.165) is 6.42 Å². The first-order valence-electron chi connectivity index (χ1n) is 6.03. The molecule has 0 heterocycles. The average Bonchev–Trinajstić information content (AvgIpc) is 2.37. The Bertz CT molecular complexity index is 399. The van der Waals surface area contributed by atoms with Crippen LogP contribution in [0.15, 0.2) is 12.1 Å². The van der Waals surface area contributed by atoms with E-state index in [9.17, 15) is 8.78 Å². The van der Waals surface area contributed by atoms with E-state index in [2.05, 4.69) is 19.3 Å². The fourth-order valence-electron chi connectivity index (χ4n) is 1.59. The highest BCUT2D eigenvalue weighted by Gasteiger charge is 2.21. The molecule has 2 unspecified atom stereocenters. The van der Waals surface area contributed by atoms with Crippen LogP contribution in [0.25, 0.3) is 0 Å². The van der Waals surface area contributed by atoms with Gasteiger partial charge in [-0.1, -0.05) is 19.9 Å². The first-order valence-corrected chi connectivity index (χ1v) is 7.08. The third-order valence-electron chi connectivity index (χ3n) is 2.99. The van der Waals surface area contributed by atoms with Crippen molar-refractivity contribution >= 4 is 11.8 Å². The van der Waals surface area contributed by atoms with E-state index in [1.165, 1.54) is 12.1 Å². The van der Waals surface area contributed by atoms with Crippen molar-refractivity contribution in [1.82, 2.24) is 5.43 Å². The molecule has 18 heavy (non-hydrogen) atoms. The molecule has 5 heteroatoms. The van der Waals surface area contributed by atoms with E-state index in [0.29, 0.717) is 16.6 Å². The third kappa shape index (κ3) is 3.67. The second kappa shape index (κ2) is 7.07. The van der Waals surface area contributed by atoms with Crippen LogP contribution >= 0.6 is 11.8 Å². The van der Waals surface area contributed by atoms with E-state index >= 15 is 0 Å². The van der Waals surface area contributed by atoms with Gasteiger partial charge >= 0.3 is 0 Å². The Morgan fingerprint density at radius 1 is 1.39 bits per heavy atom. The summed E-state index contributed by atoms with van der Waals surface area (Å²) in [4.78, 5) is 0. The van der Waals surface area contributed by atoms with Crippen molar-refractivity contribution in [1.29, 1.82) is 0 Å². The van der Waals surface area contributed by atoms with Gasteiger partial charge in [-0.25, -0.2) is 8.78 Å². The van der Waals surface area contributed by atoms with E-state index in [-0.39, 0.29) is 5.56 Å². The van der Waals surface area contributed by atoms with Crippen molar-refractivity contribution in [2.45, 2.75) is 38.5 Å². The molecule has 102 valence electrons. The minimum absolute atomic E-state index is 0.0355. The number of rotatable bonds is 6. The molecule has 0 saturated carbocycles. The smallest absolute Gasteiger partial charge is 0.133 e. The van der Waals surface area contributed by atoms with Gasteiger partial charge in [0, 0.05) is 16.6 Å². The number of hydrogen-bond donors (Lipinski definition) is 2. The summed E-state index contributed by atoms with van der Waals surface area (Å²) in [6.45, 7) is 5.78. The molecule has 2 nitrogen and oxygen atoms in total. The number of nitrogens with one attached hydrogen (secondary N) is 1. The van der Waals surface area contributed by atoms with Crippen LogP contribution in [-0.2, 0) is 0 Å². The number of hydrazine groups is 1. The van der Waals surface area contributed by atoms with Gasteiger partial charge in [0.1, 0.15) is 11.6 Å². The molecular formula is C13H20F2N2S. The van der Waals surface area contributed by atoms with Crippen molar-refractivity contribution in [2.75, 3.05) is 5.75 Å². The van der Waals surface area contributed by atoms with Gasteiger partial charge in [0.25, 0.3) is 0 Å². The fraction of sp³-hybridized carbons (Fsp3) is 0.538. The average molecular weight is 274 g/mol. The minimum atomic E-state index is -0.550. The summed E-state index contributed by atoms with van der Waals surface area (Å²) in [7, 11) is 0. The predicted molar refractivity (Wildman–Crippen MR) is 73.4 cm³/mol. The molecule has 0 bridgehead atoms. The standard InChI is InChI=1S/C13H20F2N2S/c1-4-9(3)18-7-11(17-16)12-10(14)6-5-8(2)13(12)15/h5-6,9,11,17H,4,7,16H2,1-3H3. The normalized spacial score (nSPS) is 14.6. The van der Waals surface area contributed by atoms with Gasteiger partial charge in [0.15, 0.2) is 0 Å². The highest BCUT2D eigenvalue weighted by atomic mass is 32.2. The largest absolute Gasteiger partial charge is 0.271 e. The molecule has 0 radical (unpaired) electrons. The summed E-state index contributed by atoms with van der Waals surface area (Å²) >= 11 is 1.65. The molecule has 1 rings (SSSR count). The topological polar surface area (TPSA) is 38.0 Å². The summed E-state index contributed by atoms with van der Waals surface area (Å²) in [5, 5.41) is 0.441. The summed E-state index contributed by atoms with van der Waals surface area (Å²) in [5.41, 5.74) is 2.97. The molecular weight excluding hydrogens is 254 g/mol. The molecule has 0 aliphatic rings. The summed E-state index contributed by atoms with van der Waals surface area (Å²) < 4.78 is 27.7. The first kappa shape index (κ1) is 15.4. The fourth-order valence-corrected chi connectivity index (χ4v) is 2.61. The zero-order chi connectivity index (χ0) is 13.7. The lowest BCUT2D eigenvalue weighted by Gasteiger charge is -2.20. The Morgan fingerprint density at radius 2 is 2.06 bits per heavy atom. The van der Waals surface area contributed by atoms with Gasteiger partial charge in [-0.15, -0.1) is 0 Å². The summed E-state index contributed by atoms with van der Waals surface area (Å²) in [6.07, 6.45) is 1.01. The van der Waals surface area contributed by atoms with Gasteiger partial charge in [0.05, 0.1) is 6.04 Å². The second-order valence-electron chi connectivity index (χ2n) is 4.36. The molecule has 1 aromatic carbocycles. The molecule has 2 atom stereocenters. The van der Waals surface area contributed by atoms with Gasteiger partial charge in [0.2, 0.25) is 0 Å². The maximum absolute atomic E-state index is 14.0. The molecule has 0 aliphatic heterocycles. The molecule has 0 spiro atoms. The molecule has 0 saturated heterocycles. The van der Waals surface area contributed by atoms with Gasteiger partial charge in [-0.2, -0.15) is 11.8 Å². The van der Waals surface area contributed by atoms with Crippen LogP contribution in [0.5, 0.6) is 0 Å². The Hall–Kier alpha value is -0.650. The van der Waals surface area contributed by atoms with E-state index in [1.807, 2.05) is 0 Å². The van der Waals surface area contributed by atoms with E-state index in [4.69, 9.17) is 5.84 Å². The number of nitrogens with two attached hydrogens (primary N) is 1. The lowest BCUT2D eigenvalue weighted by Crippen LogP contribution is -2.31. The van der Waals surface area contributed by atoms with Crippen molar-refractivity contribution in [3.8, 4) is 0 Å². The molecule has 3 N–H and O–H groups in total. The van der Waals surface area contributed by atoms with Crippen molar-refractivity contribution < 1.29 is 8.78 Å². The first-order chi connectivity index (χ1) is 8.51. The van der Waals surface area contributed by atoms with Crippen LogP contribution in [0.4, 0.5) is 8.78 Å². The zero-order valence-electron chi connectivity index (χ0n) is 11.0. The predicted octanol–water partition coefficient (Wildman–Crippen LogP) is 3.31. The molecule has 0 aromatic heterocycles. The van der Waals surface area contributed by atoms with Crippen LogP contribution in [0.3, 0.4) is 0 Å². The Morgan fingerprint density at radius 3 is 2.61 bits per heavy atom. The van der Waals surface area contributed by atoms with Crippen LogP contribution in [-0.4, -0.2) is 11.0 Å². The zero-order valence-corrected chi connectivity index (χ0v) is 11.8. The number of benzene rings is 1. The molecule has 0 amide bonds. The van der Waals surface area contributed by atoms with Gasteiger partial charge in [-0.3, -0.25) is 11.3 Å². The molecule has 0 fully saturated rings. The van der Waals surface area contributed by atoms with Crippen LogP contribution in [0.2, 0.25) is 0 Å². The third-order valence-corrected chi connectivity index (χ3v) is 4.42. The minimum Gasteiger partial charge on any atom is -0.271 e. The van der Waals surface area contributed by atoms with E-state index < -0.39 is 17.7 Å². The molecule has 0 aliphatic carbocycles. The SMILES string of the molecule is CCC(C)SCC(NN)c1c(F)ccc(C)c1F. The monoisotopic (exact) mass is 274 g/mol. The Labute approximate surface area is 111 Å². The number of hydrogen-bond acceptors (Lipinski definition) is 3. The van der Waals surface area contributed by atoms with E-state index in [1.54, 1.807) is 18.7 Å². The quantitative estimate of drug-likeness (QED) is 0.617. The lowest BCUT2D eigenvalue weighted by molar-refractivity contribution is 0.496. The van der Waals surface area contributed by atoms with Gasteiger partial charge in [-0.05, 0) is 25.0 Å². The Balaban J connectivity index is 2.91. The maximum Gasteiger partial charge on any atom is 0.133 e. The number of aryl methyl sites for hydroxylation is 1. The highest BCUT2D eigenvalue weighted by Crippen LogP contribution is 2.27. The van der Waals surface area contributed by atoms with Crippen LogP contribution in [0, 0.1) is 18.6 Å². The number of thioether (sulfide) groups is 1. The second-order valence-corrected chi connectivity index (χ2v) is 5.83. The lowest BCUT2D eigenvalue weighted by atomic mass is 10.0. The summed E-state index contributed by atoms with van der Waals surface area (Å²) in [6, 6.07) is 2.21. The van der Waals surface area contributed by atoms with Gasteiger partial charge < -0.3 is 0 Å². The van der Waals surface area contributed by atoms with Crippen LogP contribution in [0.1, 0.15) is 37.4 Å². The van der Waals surface area contributed by atoms with Crippen LogP contribution < -0.4 is 11.3 Å². The van der Waals surface area contributed by atoms with Crippen molar-refractivity contribution in [3.05, 3.63) is 34.9 Å². The highest BCUT2D eigenvalue weighted by molar-refractivity contribution is 7.99.